The molecule has 0 aliphatic carbocycles. The topological polar surface area (TPSA) is 43.4 Å². The molecule has 1 aliphatic rings. The molecular formula is C17H22N2O2. The summed E-state index contributed by atoms with van der Waals surface area (Å²) in [6.45, 7) is 8.86. The molecule has 4 heteroatoms. The molecule has 0 saturated carbocycles. The molecule has 0 amide bonds. The lowest BCUT2D eigenvalue weighted by molar-refractivity contribution is 0.172. The van der Waals surface area contributed by atoms with Crippen LogP contribution in [0.3, 0.4) is 0 Å². The average Bonchev–Trinajstić information content (AvgIpc) is 2.50. The zero-order chi connectivity index (χ0) is 14.8. The molecule has 112 valence electrons. The van der Waals surface area contributed by atoms with Gasteiger partial charge in [0.2, 0.25) is 0 Å². The highest BCUT2D eigenvalue weighted by atomic mass is 16.6. The third-order valence-electron chi connectivity index (χ3n) is 4.16. The Kier molecular flexibility index (Phi) is 3.86. The summed E-state index contributed by atoms with van der Waals surface area (Å²) < 4.78 is 11.3. The van der Waals surface area contributed by atoms with Gasteiger partial charge in [0.15, 0.2) is 11.5 Å². The number of rotatable bonds is 4. The third kappa shape index (κ3) is 2.89. The number of pyridine rings is 1. The van der Waals surface area contributed by atoms with Crippen molar-refractivity contribution in [3.05, 3.63) is 24.4 Å². The molecule has 2 heterocycles. The van der Waals surface area contributed by atoms with Crippen molar-refractivity contribution in [3.8, 4) is 11.5 Å². The quantitative estimate of drug-likeness (QED) is 0.930. The third-order valence-corrected chi connectivity index (χ3v) is 4.16. The van der Waals surface area contributed by atoms with Gasteiger partial charge in [-0.2, -0.15) is 0 Å². The molecule has 0 spiro atoms. The fraction of sp³-hybridized carbons (Fsp3) is 0.471. The Labute approximate surface area is 125 Å². The van der Waals surface area contributed by atoms with Gasteiger partial charge in [-0.1, -0.05) is 20.8 Å². The van der Waals surface area contributed by atoms with E-state index in [1.807, 2.05) is 24.4 Å². The van der Waals surface area contributed by atoms with Gasteiger partial charge < -0.3 is 14.8 Å². The summed E-state index contributed by atoms with van der Waals surface area (Å²) >= 11 is 0. The Bertz CT molecular complexity index is 640. The Balaban J connectivity index is 1.91. The van der Waals surface area contributed by atoms with Crippen LogP contribution < -0.4 is 14.8 Å². The molecule has 1 aromatic heterocycles. The first kappa shape index (κ1) is 14.0. The molecule has 0 bridgehead atoms. The molecule has 0 fully saturated rings. The summed E-state index contributed by atoms with van der Waals surface area (Å²) in [4.78, 5) is 4.48. The van der Waals surface area contributed by atoms with Crippen LogP contribution in [0, 0.1) is 11.8 Å². The van der Waals surface area contributed by atoms with Gasteiger partial charge in [-0.25, -0.2) is 4.98 Å². The van der Waals surface area contributed by atoms with Crippen molar-refractivity contribution in [2.75, 3.05) is 25.1 Å². The highest BCUT2D eigenvalue weighted by Crippen LogP contribution is 2.36. The summed E-state index contributed by atoms with van der Waals surface area (Å²) in [5, 5.41) is 5.67. The molecule has 1 unspecified atom stereocenters. The van der Waals surface area contributed by atoms with Crippen LogP contribution in [0.15, 0.2) is 24.4 Å². The van der Waals surface area contributed by atoms with E-state index in [-0.39, 0.29) is 0 Å². The first-order valence-corrected chi connectivity index (χ1v) is 7.57. The Morgan fingerprint density at radius 1 is 1.14 bits per heavy atom. The summed E-state index contributed by atoms with van der Waals surface area (Å²) in [7, 11) is 0. The number of fused-ring (bicyclic) bond motifs is 2. The maximum Gasteiger partial charge on any atom is 0.162 e. The van der Waals surface area contributed by atoms with Crippen molar-refractivity contribution < 1.29 is 9.47 Å². The molecule has 4 nitrogen and oxygen atoms in total. The van der Waals surface area contributed by atoms with Crippen LogP contribution in [0.25, 0.3) is 10.8 Å². The van der Waals surface area contributed by atoms with Crippen molar-refractivity contribution >= 4 is 16.6 Å². The fourth-order valence-electron chi connectivity index (χ4n) is 2.34. The Hall–Kier alpha value is -1.97. The highest BCUT2D eigenvalue weighted by Gasteiger charge is 2.15. The second kappa shape index (κ2) is 5.80. The number of aromatic nitrogens is 1. The van der Waals surface area contributed by atoms with Crippen LogP contribution in [0.5, 0.6) is 11.5 Å². The molecule has 1 aliphatic heterocycles. The first-order chi connectivity index (χ1) is 10.1. The zero-order valence-corrected chi connectivity index (χ0v) is 12.8. The fourth-order valence-corrected chi connectivity index (χ4v) is 2.34. The summed E-state index contributed by atoms with van der Waals surface area (Å²) in [6.07, 6.45) is 1.83. The monoisotopic (exact) mass is 286 g/mol. The second-order valence-electron chi connectivity index (χ2n) is 5.98. The molecule has 1 atom stereocenters. The minimum atomic E-state index is 0.597. The number of nitrogens with one attached hydrogen (secondary N) is 1. The van der Waals surface area contributed by atoms with E-state index in [0.717, 1.165) is 34.6 Å². The number of ether oxygens (including phenoxy) is 2. The van der Waals surface area contributed by atoms with E-state index in [4.69, 9.17) is 9.47 Å². The van der Waals surface area contributed by atoms with Crippen LogP contribution in [0.2, 0.25) is 0 Å². The van der Waals surface area contributed by atoms with Gasteiger partial charge in [0, 0.05) is 18.1 Å². The van der Waals surface area contributed by atoms with E-state index in [9.17, 15) is 0 Å². The van der Waals surface area contributed by atoms with E-state index in [1.54, 1.807) is 0 Å². The zero-order valence-electron chi connectivity index (χ0n) is 12.8. The van der Waals surface area contributed by atoms with Gasteiger partial charge in [0.05, 0.1) is 0 Å². The van der Waals surface area contributed by atoms with Crippen molar-refractivity contribution in [2.24, 2.45) is 11.8 Å². The number of hydrogen-bond acceptors (Lipinski definition) is 4. The van der Waals surface area contributed by atoms with Gasteiger partial charge in [0.25, 0.3) is 0 Å². The van der Waals surface area contributed by atoms with Gasteiger partial charge >= 0.3 is 0 Å². The van der Waals surface area contributed by atoms with Crippen LogP contribution in [0.1, 0.15) is 20.8 Å². The molecule has 21 heavy (non-hydrogen) atoms. The number of hydrogen-bond donors (Lipinski definition) is 1. The Morgan fingerprint density at radius 3 is 2.57 bits per heavy atom. The van der Waals surface area contributed by atoms with Gasteiger partial charge in [-0.15, -0.1) is 0 Å². The van der Waals surface area contributed by atoms with E-state index < -0.39 is 0 Å². The molecular weight excluding hydrogens is 264 g/mol. The van der Waals surface area contributed by atoms with Crippen LogP contribution in [-0.4, -0.2) is 24.7 Å². The number of nitrogens with zero attached hydrogens (tertiary/aromatic N) is 1. The standard InChI is InChI=1S/C17H22N2O2/c1-11(2)12(3)10-19-17-14-9-16-15(20-6-7-21-16)8-13(14)4-5-18-17/h4-5,8-9,11-12H,6-7,10H2,1-3H3,(H,18,19). The summed E-state index contributed by atoms with van der Waals surface area (Å²) in [6, 6.07) is 6.06. The predicted octanol–water partition coefficient (Wildman–Crippen LogP) is 3.71. The normalized spacial score (nSPS) is 15.2. The number of benzene rings is 1. The van der Waals surface area contributed by atoms with Crippen molar-refractivity contribution in [1.29, 1.82) is 0 Å². The van der Waals surface area contributed by atoms with E-state index in [0.29, 0.717) is 25.0 Å². The SMILES string of the molecule is CC(C)C(C)CNc1nccc2cc3c(cc12)OCCO3. The van der Waals surface area contributed by atoms with Crippen LogP contribution in [0.4, 0.5) is 5.82 Å². The molecule has 1 aromatic carbocycles. The van der Waals surface area contributed by atoms with Crippen molar-refractivity contribution in [3.63, 3.8) is 0 Å². The first-order valence-electron chi connectivity index (χ1n) is 7.57. The maximum absolute atomic E-state index is 5.67. The van der Waals surface area contributed by atoms with Crippen LogP contribution in [-0.2, 0) is 0 Å². The lowest BCUT2D eigenvalue weighted by atomic mass is 9.98. The summed E-state index contributed by atoms with van der Waals surface area (Å²) in [5.74, 6) is 3.79. The molecule has 2 aromatic rings. The summed E-state index contributed by atoms with van der Waals surface area (Å²) in [5.41, 5.74) is 0. The van der Waals surface area contributed by atoms with E-state index >= 15 is 0 Å². The molecule has 1 N–H and O–H groups in total. The maximum atomic E-state index is 5.67. The van der Waals surface area contributed by atoms with E-state index in [1.165, 1.54) is 0 Å². The van der Waals surface area contributed by atoms with E-state index in [2.05, 4.69) is 31.1 Å². The molecule has 0 radical (unpaired) electrons. The van der Waals surface area contributed by atoms with Crippen LogP contribution >= 0.6 is 0 Å². The lowest BCUT2D eigenvalue weighted by Gasteiger charge is -2.20. The van der Waals surface area contributed by atoms with Gasteiger partial charge in [-0.3, -0.25) is 0 Å². The smallest absolute Gasteiger partial charge is 0.162 e. The van der Waals surface area contributed by atoms with Crippen molar-refractivity contribution in [1.82, 2.24) is 4.98 Å². The average molecular weight is 286 g/mol. The van der Waals surface area contributed by atoms with Gasteiger partial charge in [-0.05, 0) is 35.4 Å². The van der Waals surface area contributed by atoms with Gasteiger partial charge in [0.1, 0.15) is 19.0 Å². The number of anilines is 1. The van der Waals surface area contributed by atoms with Crippen molar-refractivity contribution in [2.45, 2.75) is 20.8 Å². The minimum absolute atomic E-state index is 0.597. The second-order valence-corrected chi connectivity index (χ2v) is 5.98. The lowest BCUT2D eigenvalue weighted by Crippen LogP contribution is -2.17. The minimum Gasteiger partial charge on any atom is -0.486 e. The highest BCUT2D eigenvalue weighted by molar-refractivity contribution is 5.94. The molecule has 0 saturated heterocycles. The Morgan fingerprint density at radius 2 is 1.86 bits per heavy atom. The molecule has 3 rings (SSSR count). The largest absolute Gasteiger partial charge is 0.486 e. The predicted molar refractivity (Wildman–Crippen MR) is 85.2 cm³/mol.